The molecule has 1 atom stereocenters. The Kier molecular flexibility index (Phi) is 5.16. The molecule has 9 heteroatoms. The molecule has 2 aromatic rings. The summed E-state index contributed by atoms with van der Waals surface area (Å²) in [5.74, 6) is -0.338. The van der Waals surface area contributed by atoms with Crippen LogP contribution in [0.3, 0.4) is 0 Å². The van der Waals surface area contributed by atoms with E-state index in [0.717, 1.165) is 36.0 Å². The lowest BCUT2D eigenvalue weighted by atomic mass is 10.0. The first-order valence-electron chi connectivity index (χ1n) is 7.85. The van der Waals surface area contributed by atoms with Gasteiger partial charge in [-0.1, -0.05) is 24.3 Å². The van der Waals surface area contributed by atoms with Crippen LogP contribution in [-0.2, 0) is 12.4 Å². The van der Waals surface area contributed by atoms with Gasteiger partial charge in [0.2, 0.25) is 0 Å². The molecule has 1 fully saturated rings. The molecule has 0 saturated carbocycles. The van der Waals surface area contributed by atoms with Crippen molar-refractivity contribution in [2.24, 2.45) is 0 Å². The molecule has 1 aliphatic heterocycles. The summed E-state index contributed by atoms with van der Waals surface area (Å²) in [5.41, 5.74) is -2.12. The highest BCUT2D eigenvalue weighted by atomic mass is 32.2. The van der Waals surface area contributed by atoms with Gasteiger partial charge in [-0.05, 0) is 29.8 Å². The van der Waals surface area contributed by atoms with Gasteiger partial charge in [0.15, 0.2) is 0 Å². The zero-order valence-electron chi connectivity index (χ0n) is 13.6. The SMILES string of the molecule is O=C(c1cccc(C(F)(F)F)c1)N1CCSC1c1ccccc1C(F)(F)F. The van der Waals surface area contributed by atoms with Crippen LogP contribution in [0.25, 0.3) is 0 Å². The Labute approximate surface area is 155 Å². The van der Waals surface area contributed by atoms with Gasteiger partial charge in [0.25, 0.3) is 5.91 Å². The van der Waals surface area contributed by atoms with Gasteiger partial charge in [0.05, 0.1) is 11.1 Å². The number of halogens is 6. The normalized spacial score (nSPS) is 18.0. The Morgan fingerprint density at radius 2 is 1.67 bits per heavy atom. The van der Waals surface area contributed by atoms with Gasteiger partial charge >= 0.3 is 12.4 Å². The second kappa shape index (κ2) is 7.10. The van der Waals surface area contributed by atoms with Crippen molar-refractivity contribution in [2.75, 3.05) is 12.3 Å². The topological polar surface area (TPSA) is 20.3 Å². The molecule has 144 valence electrons. The number of rotatable bonds is 2. The van der Waals surface area contributed by atoms with E-state index in [1.165, 1.54) is 29.2 Å². The molecule has 2 aromatic carbocycles. The Morgan fingerprint density at radius 3 is 2.33 bits per heavy atom. The first kappa shape index (κ1) is 19.6. The van der Waals surface area contributed by atoms with E-state index in [9.17, 15) is 31.1 Å². The summed E-state index contributed by atoms with van der Waals surface area (Å²) in [6.07, 6.45) is -9.21. The molecule has 2 nitrogen and oxygen atoms in total. The van der Waals surface area contributed by atoms with Crippen molar-refractivity contribution < 1.29 is 31.1 Å². The zero-order chi connectivity index (χ0) is 19.8. The van der Waals surface area contributed by atoms with Crippen LogP contribution in [0.2, 0.25) is 0 Å². The van der Waals surface area contributed by atoms with Crippen LogP contribution in [0.4, 0.5) is 26.3 Å². The van der Waals surface area contributed by atoms with E-state index >= 15 is 0 Å². The minimum Gasteiger partial charge on any atom is -0.322 e. The molecule has 0 spiro atoms. The third-order valence-electron chi connectivity index (χ3n) is 4.12. The molecule has 1 saturated heterocycles. The highest BCUT2D eigenvalue weighted by Crippen LogP contribution is 2.44. The quantitative estimate of drug-likeness (QED) is 0.605. The second-order valence-corrected chi connectivity index (χ2v) is 7.07. The molecule has 0 aliphatic carbocycles. The van der Waals surface area contributed by atoms with Crippen molar-refractivity contribution in [3.05, 3.63) is 70.8 Å². The Morgan fingerprint density at radius 1 is 0.963 bits per heavy atom. The number of carbonyl (C=O) groups excluding carboxylic acids is 1. The monoisotopic (exact) mass is 405 g/mol. The fourth-order valence-corrected chi connectivity index (χ4v) is 4.19. The van der Waals surface area contributed by atoms with Crippen LogP contribution in [-0.4, -0.2) is 23.1 Å². The third-order valence-corrected chi connectivity index (χ3v) is 5.36. The predicted molar refractivity (Wildman–Crippen MR) is 89.1 cm³/mol. The summed E-state index contributed by atoms with van der Waals surface area (Å²) in [5, 5.41) is -0.912. The molecular formula is C18H13F6NOS. The van der Waals surface area contributed by atoms with E-state index in [4.69, 9.17) is 0 Å². The number of benzene rings is 2. The zero-order valence-corrected chi connectivity index (χ0v) is 14.5. The standard InChI is InChI=1S/C18H13F6NOS/c19-17(20,21)12-5-3-4-11(10-12)15(26)25-8-9-27-16(25)13-6-1-2-7-14(13)18(22,23)24/h1-7,10,16H,8-9H2. The number of hydrogen-bond acceptors (Lipinski definition) is 2. The predicted octanol–water partition coefficient (Wildman–Crippen LogP) is 5.61. The smallest absolute Gasteiger partial charge is 0.322 e. The van der Waals surface area contributed by atoms with E-state index in [1.54, 1.807) is 0 Å². The molecule has 0 N–H and O–H groups in total. The van der Waals surface area contributed by atoms with E-state index in [2.05, 4.69) is 0 Å². The van der Waals surface area contributed by atoms with Gasteiger partial charge in [0.1, 0.15) is 5.37 Å². The molecule has 3 rings (SSSR count). The van der Waals surface area contributed by atoms with Crippen LogP contribution in [0.15, 0.2) is 48.5 Å². The van der Waals surface area contributed by atoms with E-state index < -0.39 is 34.8 Å². The van der Waals surface area contributed by atoms with Crippen molar-refractivity contribution in [3.8, 4) is 0 Å². The number of nitrogens with zero attached hydrogens (tertiary/aromatic N) is 1. The first-order valence-corrected chi connectivity index (χ1v) is 8.90. The second-order valence-electron chi connectivity index (χ2n) is 5.89. The molecule has 27 heavy (non-hydrogen) atoms. The molecular weight excluding hydrogens is 392 g/mol. The minimum atomic E-state index is -4.61. The van der Waals surface area contributed by atoms with Crippen molar-refractivity contribution >= 4 is 17.7 Å². The van der Waals surface area contributed by atoms with Gasteiger partial charge in [-0.15, -0.1) is 11.8 Å². The molecule has 0 aromatic heterocycles. The molecule has 1 heterocycles. The highest BCUT2D eigenvalue weighted by Gasteiger charge is 2.40. The summed E-state index contributed by atoms with van der Waals surface area (Å²) in [6, 6.07) is 8.82. The van der Waals surface area contributed by atoms with Crippen molar-refractivity contribution in [1.29, 1.82) is 0 Å². The molecule has 0 radical (unpaired) electrons. The maximum atomic E-state index is 13.3. The summed E-state index contributed by atoms with van der Waals surface area (Å²) >= 11 is 1.15. The van der Waals surface area contributed by atoms with Gasteiger partial charge in [-0.2, -0.15) is 26.3 Å². The Bertz CT molecular complexity index is 848. The fourth-order valence-electron chi connectivity index (χ4n) is 2.90. The number of thioether (sulfide) groups is 1. The van der Waals surface area contributed by atoms with E-state index in [0.29, 0.717) is 5.75 Å². The Hall–Kier alpha value is -2.16. The van der Waals surface area contributed by atoms with Gasteiger partial charge in [0, 0.05) is 17.9 Å². The minimum absolute atomic E-state index is 0.0761. The maximum absolute atomic E-state index is 13.3. The highest BCUT2D eigenvalue weighted by molar-refractivity contribution is 7.99. The van der Waals surface area contributed by atoms with E-state index in [-0.39, 0.29) is 17.7 Å². The first-order chi connectivity index (χ1) is 12.6. The largest absolute Gasteiger partial charge is 0.416 e. The van der Waals surface area contributed by atoms with Gasteiger partial charge in [-0.3, -0.25) is 4.79 Å². The summed E-state index contributed by atoms with van der Waals surface area (Å²) < 4.78 is 78.5. The molecule has 1 unspecified atom stereocenters. The van der Waals surface area contributed by atoms with Gasteiger partial charge < -0.3 is 4.90 Å². The van der Waals surface area contributed by atoms with Gasteiger partial charge in [-0.25, -0.2) is 0 Å². The third kappa shape index (κ3) is 4.07. The summed E-state index contributed by atoms with van der Waals surface area (Å²) in [4.78, 5) is 13.9. The lowest BCUT2D eigenvalue weighted by Crippen LogP contribution is -2.31. The lowest BCUT2D eigenvalue weighted by molar-refractivity contribution is -0.139. The lowest BCUT2D eigenvalue weighted by Gasteiger charge is -2.26. The van der Waals surface area contributed by atoms with Crippen LogP contribution >= 0.6 is 11.8 Å². The number of carbonyl (C=O) groups is 1. The maximum Gasteiger partial charge on any atom is 0.416 e. The van der Waals surface area contributed by atoms with E-state index in [1.807, 2.05) is 0 Å². The van der Waals surface area contributed by atoms with Crippen LogP contribution in [0.5, 0.6) is 0 Å². The van der Waals surface area contributed by atoms with Crippen LogP contribution in [0, 0.1) is 0 Å². The average Bonchev–Trinajstić information content (AvgIpc) is 3.09. The van der Waals surface area contributed by atoms with Crippen molar-refractivity contribution in [3.63, 3.8) is 0 Å². The van der Waals surface area contributed by atoms with Crippen LogP contribution in [0.1, 0.15) is 32.4 Å². The average molecular weight is 405 g/mol. The Balaban J connectivity index is 1.95. The molecule has 0 bridgehead atoms. The molecule has 1 aliphatic rings. The van der Waals surface area contributed by atoms with Crippen molar-refractivity contribution in [1.82, 2.24) is 4.90 Å². The molecule has 1 amide bonds. The number of alkyl halides is 6. The summed E-state index contributed by atoms with van der Waals surface area (Å²) in [6.45, 7) is 0.149. The number of hydrogen-bond donors (Lipinski definition) is 0. The fraction of sp³-hybridized carbons (Fsp3) is 0.278. The summed E-state index contributed by atoms with van der Waals surface area (Å²) in [7, 11) is 0. The van der Waals surface area contributed by atoms with Crippen LogP contribution < -0.4 is 0 Å². The number of amides is 1. The van der Waals surface area contributed by atoms with Crippen molar-refractivity contribution in [2.45, 2.75) is 17.7 Å².